The van der Waals surface area contributed by atoms with Gasteiger partial charge in [0.2, 0.25) is 0 Å². The molecule has 0 radical (unpaired) electrons. The van der Waals surface area contributed by atoms with E-state index in [0.717, 1.165) is 17.8 Å². The molecule has 3 aromatic rings. The highest BCUT2D eigenvalue weighted by atomic mass is 14.4. The molecule has 0 aliphatic heterocycles. The molecule has 0 spiro atoms. The van der Waals surface area contributed by atoms with E-state index in [2.05, 4.69) is 103 Å². The van der Waals surface area contributed by atoms with Gasteiger partial charge < -0.3 is 0 Å². The Kier molecular flexibility index (Phi) is 5.09. The maximum Gasteiger partial charge on any atom is 0.0139 e. The SMILES string of the molecule is Cc1cccc2c1ccc1c3c(ccc12)[C@](C)([C@H](C)C[C@@H](C)[C@H](C)C(C)C)C=C3. The first kappa shape index (κ1) is 20.2. The van der Waals surface area contributed by atoms with Crippen LogP contribution < -0.4 is 0 Å². The summed E-state index contributed by atoms with van der Waals surface area (Å²) in [5.74, 6) is 2.87. The number of hydrogen-bond acceptors (Lipinski definition) is 0. The van der Waals surface area contributed by atoms with Gasteiger partial charge in [0, 0.05) is 5.41 Å². The lowest BCUT2D eigenvalue weighted by molar-refractivity contribution is 0.223. The fourth-order valence-corrected chi connectivity index (χ4v) is 5.45. The summed E-state index contributed by atoms with van der Waals surface area (Å²) in [7, 11) is 0. The molecule has 0 amide bonds. The van der Waals surface area contributed by atoms with Crippen LogP contribution in [0.2, 0.25) is 0 Å². The summed E-state index contributed by atoms with van der Waals surface area (Å²) in [5, 5.41) is 5.53. The maximum absolute atomic E-state index is 2.48. The van der Waals surface area contributed by atoms with Crippen molar-refractivity contribution in [2.75, 3.05) is 0 Å². The van der Waals surface area contributed by atoms with Gasteiger partial charge in [0.05, 0.1) is 0 Å². The first-order valence-corrected chi connectivity index (χ1v) is 11.4. The van der Waals surface area contributed by atoms with Gasteiger partial charge in [0.1, 0.15) is 0 Å². The van der Waals surface area contributed by atoms with Gasteiger partial charge in [0.15, 0.2) is 0 Å². The average molecular weight is 385 g/mol. The third-order valence-corrected chi connectivity index (χ3v) is 8.19. The molecular weight excluding hydrogens is 348 g/mol. The highest BCUT2D eigenvalue weighted by Gasteiger charge is 2.37. The standard InChI is InChI=1S/C29H36/c1-18(2)22(6)20(4)17-21(5)29(7)16-15-27-26-12-11-23-19(3)9-8-10-24(23)25(26)13-14-28(27)29/h8-16,18,20-22H,17H2,1-7H3/t20-,21-,22-,29+/m1/s1. The molecule has 0 fully saturated rings. The van der Waals surface area contributed by atoms with Gasteiger partial charge in [-0.3, -0.25) is 0 Å². The van der Waals surface area contributed by atoms with Gasteiger partial charge in [-0.05, 0) is 75.3 Å². The van der Waals surface area contributed by atoms with E-state index in [1.165, 1.54) is 44.7 Å². The zero-order chi connectivity index (χ0) is 20.9. The minimum Gasteiger partial charge on any atom is -0.0733 e. The van der Waals surface area contributed by atoms with Crippen LogP contribution in [0.1, 0.15) is 64.7 Å². The van der Waals surface area contributed by atoms with Crippen molar-refractivity contribution in [3.05, 3.63) is 65.2 Å². The van der Waals surface area contributed by atoms with Crippen molar-refractivity contribution in [3.8, 4) is 0 Å². The number of aryl methyl sites for hydroxylation is 1. The van der Waals surface area contributed by atoms with Crippen molar-refractivity contribution in [1.29, 1.82) is 0 Å². The Balaban J connectivity index is 1.75. The highest BCUT2D eigenvalue weighted by molar-refractivity contribution is 6.11. The molecule has 0 saturated carbocycles. The molecule has 0 aromatic heterocycles. The monoisotopic (exact) mass is 384 g/mol. The lowest BCUT2D eigenvalue weighted by Crippen LogP contribution is -2.30. The molecule has 4 rings (SSSR count). The topological polar surface area (TPSA) is 0 Å². The van der Waals surface area contributed by atoms with Crippen molar-refractivity contribution in [3.63, 3.8) is 0 Å². The largest absolute Gasteiger partial charge is 0.0733 e. The first-order chi connectivity index (χ1) is 13.7. The van der Waals surface area contributed by atoms with E-state index in [4.69, 9.17) is 0 Å². The van der Waals surface area contributed by atoms with E-state index >= 15 is 0 Å². The number of benzene rings is 3. The summed E-state index contributed by atoms with van der Waals surface area (Å²) in [6, 6.07) is 16.1. The van der Waals surface area contributed by atoms with Gasteiger partial charge >= 0.3 is 0 Å². The van der Waals surface area contributed by atoms with Gasteiger partial charge in [-0.2, -0.15) is 0 Å². The fourth-order valence-electron chi connectivity index (χ4n) is 5.45. The molecular formula is C29H36. The smallest absolute Gasteiger partial charge is 0.0139 e. The van der Waals surface area contributed by atoms with Crippen molar-refractivity contribution in [2.45, 2.75) is 60.3 Å². The van der Waals surface area contributed by atoms with E-state index < -0.39 is 0 Å². The second kappa shape index (κ2) is 7.31. The van der Waals surface area contributed by atoms with Crippen molar-refractivity contribution < 1.29 is 0 Å². The van der Waals surface area contributed by atoms with Crippen LogP contribution in [-0.4, -0.2) is 0 Å². The lowest BCUT2D eigenvalue weighted by atomic mass is 9.69. The first-order valence-electron chi connectivity index (χ1n) is 11.4. The third kappa shape index (κ3) is 3.21. The summed E-state index contributed by atoms with van der Waals surface area (Å²) < 4.78 is 0. The van der Waals surface area contributed by atoms with Crippen LogP contribution in [0, 0.1) is 30.6 Å². The molecule has 0 nitrogen and oxygen atoms in total. The zero-order valence-electron chi connectivity index (χ0n) is 19.2. The fraction of sp³-hybridized carbons (Fsp3) is 0.448. The maximum atomic E-state index is 2.48. The van der Waals surface area contributed by atoms with Gasteiger partial charge in [-0.15, -0.1) is 0 Å². The van der Waals surface area contributed by atoms with Gasteiger partial charge in [0.25, 0.3) is 0 Å². The molecule has 4 atom stereocenters. The quantitative estimate of drug-likeness (QED) is 0.387. The van der Waals surface area contributed by atoms with Crippen molar-refractivity contribution in [2.24, 2.45) is 23.7 Å². The van der Waals surface area contributed by atoms with Crippen molar-refractivity contribution in [1.82, 2.24) is 0 Å². The number of hydrogen-bond donors (Lipinski definition) is 0. The Morgan fingerprint density at radius 1 is 0.793 bits per heavy atom. The molecule has 1 aliphatic carbocycles. The number of fused-ring (bicyclic) bond motifs is 5. The van der Waals surface area contributed by atoms with Crippen LogP contribution in [0.25, 0.3) is 27.6 Å². The number of rotatable bonds is 5. The summed E-state index contributed by atoms with van der Waals surface area (Å²) >= 11 is 0. The van der Waals surface area contributed by atoms with Gasteiger partial charge in [-0.25, -0.2) is 0 Å². The van der Waals surface area contributed by atoms with E-state index in [1.807, 2.05) is 0 Å². The minimum absolute atomic E-state index is 0.121. The molecule has 0 heterocycles. The normalized spacial score (nSPS) is 21.7. The van der Waals surface area contributed by atoms with E-state index in [1.54, 1.807) is 0 Å². The van der Waals surface area contributed by atoms with Crippen molar-refractivity contribution >= 4 is 27.6 Å². The molecule has 29 heavy (non-hydrogen) atoms. The Hall–Kier alpha value is -2.08. The Bertz CT molecular complexity index is 1080. The highest BCUT2D eigenvalue weighted by Crippen LogP contribution is 2.47. The molecule has 0 bridgehead atoms. The van der Waals surface area contributed by atoms with Crippen LogP contribution in [0.5, 0.6) is 0 Å². The molecule has 0 heteroatoms. The van der Waals surface area contributed by atoms with E-state index in [-0.39, 0.29) is 5.41 Å². The summed E-state index contributed by atoms with van der Waals surface area (Å²) in [4.78, 5) is 0. The molecule has 0 unspecified atom stereocenters. The Labute approximate surface area is 177 Å². The predicted octanol–water partition coefficient (Wildman–Crippen LogP) is 8.54. The zero-order valence-corrected chi connectivity index (χ0v) is 19.2. The average Bonchev–Trinajstić information content (AvgIpc) is 3.05. The molecule has 0 N–H and O–H groups in total. The van der Waals surface area contributed by atoms with E-state index in [9.17, 15) is 0 Å². The van der Waals surface area contributed by atoms with E-state index in [0.29, 0.717) is 5.92 Å². The summed E-state index contributed by atoms with van der Waals surface area (Å²) in [5.41, 5.74) is 4.42. The minimum atomic E-state index is 0.121. The van der Waals surface area contributed by atoms with Gasteiger partial charge in [-0.1, -0.05) is 96.2 Å². The van der Waals surface area contributed by atoms with Crippen LogP contribution in [-0.2, 0) is 5.41 Å². The summed E-state index contributed by atoms with van der Waals surface area (Å²) in [6.45, 7) is 16.7. The third-order valence-electron chi connectivity index (χ3n) is 8.19. The molecule has 152 valence electrons. The molecule has 1 aliphatic rings. The van der Waals surface area contributed by atoms with Crippen LogP contribution in [0.15, 0.2) is 48.5 Å². The van der Waals surface area contributed by atoms with Crippen LogP contribution >= 0.6 is 0 Å². The Morgan fingerprint density at radius 2 is 1.45 bits per heavy atom. The predicted molar refractivity (Wildman–Crippen MR) is 130 cm³/mol. The second-order valence-corrected chi connectivity index (χ2v) is 10.2. The lowest BCUT2D eigenvalue weighted by Gasteiger charge is -2.35. The molecule has 0 saturated heterocycles. The second-order valence-electron chi connectivity index (χ2n) is 10.2. The van der Waals surface area contributed by atoms with Crippen LogP contribution in [0.3, 0.4) is 0 Å². The molecule has 3 aromatic carbocycles. The number of allylic oxidation sites excluding steroid dienone is 1. The summed E-state index contributed by atoms with van der Waals surface area (Å²) in [6.07, 6.45) is 6.15. The van der Waals surface area contributed by atoms with Crippen LogP contribution in [0.4, 0.5) is 0 Å². The Morgan fingerprint density at radius 3 is 2.17 bits per heavy atom.